The molecule has 0 radical (unpaired) electrons. The van der Waals surface area contributed by atoms with Gasteiger partial charge in [-0.15, -0.1) is 0 Å². The molecule has 0 saturated carbocycles. The van der Waals surface area contributed by atoms with E-state index in [0.717, 1.165) is 13.1 Å². The van der Waals surface area contributed by atoms with Crippen LogP contribution in [0.15, 0.2) is 12.7 Å². The highest BCUT2D eigenvalue weighted by atomic mass is 16.2. The molecule has 106 valence electrons. The molecule has 0 aliphatic carbocycles. The smallest absolute Gasteiger partial charge is 0.243 e. The highest BCUT2D eigenvalue weighted by molar-refractivity contribution is 5.87. The minimum atomic E-state index is -0.241. The first kappa shape index (κ1) is 14.0. The van der Waals surface area contributed by atoms with E-state index in [4.69, 9.17) is 5.73 Å². The SMILES string of the molecule is C=CC(=O)NC1CN(C(=O)CN2CCCC2)CC1N. The van der Waals surface area contributed by atoms with Gasteiger partial charge in [0.25, 0.3) is 0 Å². The van der Waals surface area contributed by atoms with Gasteiger partial charge in [-0.2, -0.15) is 0 Å². The maximum atomic E-state index is 12.1. The normalized spacial score (nSPS) is 27.5. The molecule has 0 aromatic heterocycles. The van der Waals surface area contributed by atoms with Crippen molar-refractivity contribution in [3.05, 3.63) is 12.7 Å². The molecular formula is C13H22N4O2. The Morgan fingerprint density at radius 3 is 2.63 bits per heavy atom. The average molecular weight is 266 g/mol. The Balaban J connectivity index is 1.83. The maximum Gasteiger partial charge on any atom is 0.243 e. The maximum absolute atomic E-state index is 12.1. The van der Waals surface area contributed by atoms with E-state index in [1.165, 1.54) is 18.9 Å². The van der Waals surface area contributed by atoms with Crippen molar-refractivity contribution in [3.63, 3.8) is 0 Å². The summed E-state index contributed by atoms with van der Waals surface area (Å²) in [6.45, 7) is 6.88. The predicted octanol–water partition coefficient (Wildman–Crippen LogP) is -1.08. The number of likely N-dealkylation sites (tertiary alicyclic amines) is 2. The summed E-state index contributed by atoms with van der Waals surface area (Å²) in [5, 5.41) is 2.77. The van der Waals surface area contributed by atoms with Crippen LogP contribution in [0.25, 0.3) is 0 Å². The van der Waals surface area contributed by atoms with Crippen molar-refractivity contribution in [1.82, 2.24) is 15.1 Å². The van der Waals surface area contributed by atoms with E-state index < -0.39 is 0 Å². The summed E-state index contributed by atoms with van der Waals surface area (Å²) < 4.78 is 0. The molecule has 6 nitrogen and oxygen atoms in total. The lowest BCUT2D eigenvalue weighted by Crippen LogP contribution is -2.46. The first-order valence-corrected chi connectivity index (χ1v) is 6.79. The summed E-state index contributed by atoms with van der Waals surface area (Å²) in [4.78, 5) is 27.3. The second-order valence-corrected chi connectivity index (χ2v) is 5.27. The van der Waals surface area contributed by atoms with E-state index in [2.05, 4.69) is 16.8 Å². The summed E-state index contributed by atoms with van der Waals surface area (Å²) in [6.07, 6.45) is 3.57. The van der Waals surface area contributed by atoms with Gasteiger partial charge in [0.2, 0.25) is 11.8 Å². The van der Waals surface area contributed by atoms with Crippen LogP contribution in [0.2, 0.25) is 0 Å². The molecule has 2 atom stereocenters. The van der Waals surface area contributed by atoms with Crippen molar-refractivity contribution in [2.45, 2.75) is 24.9 Å². The molecule has 2 aliphatic rings. The summed E-state index contributed by atoms with van der Waals surface area (Å²) in [5.41, 5.74) is 5.96. The molecule has 3 N–H and O–H groups in total. The first-order chi connectivity index (χ1) is 9.10. The molecular weight excluding hydrogens is 244 g/mol. The number of hydrogen-bond acceptors (Lipinski definition) is 4. The molecule has 0 aromatic rings. The van der Waals surface area contributed by atoms with Crippen LogP contribution in [0, 0.1) is 0 Å². The third kappa shape index (κ3) is 3.54. The fraction of sp³-hybridized carbons (Fsp3) is 0.692. The summed E-state index contributed by atoms with van der Waals surface area (Å²) in [6, 6.07) is -0.376. The standard InChI is InChI=1S/C13H22N4O2/c1-2-12(18)15-11-8-17(7-10(11)14)13(19)9-16-5-3-4-6-16/h2,10-11H,1,3-9,14H2,(H,15,18). The van der Waals surface area contributed by atoms with Crippen molar-refractivity contribution >= 4 is 11.8 Å². The van der Waals surface area contributed by atoms with Gasteiger partial charge >= 0.3 is 0 Å². The second-order valence-electron chi connectivity index (χ2n) is 5.27. The first-order valence-electron chi connectivity index (χ1n) is 6.79. The van der Waals surface area contributed by atoms with Gasteiger partial charge in [-0.1, -0.05) is 6.58 Å². The zero-order valence-corrected chi connectivity index (χ0v) is 11.2. The minimum Gasteiger partial charge on any atom is -0.346 e. The van der Waals surface area contributed by atoms with Gasteiger partial charge in [-0.05, 0) is 32.0 Å². The fourth-order valence-corrected chi connectivity index (χ4v) is 2.66. The third-order valence-electron chi connectivity index (χ3n) is 3.79. The third-order valence-corrected chi connectivity index (χ3v) is 3.79. The summed E-state index contributed by atoms with van der Waals surface area (Å²) in [7, 11) is 0. The average Bonchev–Trinajstić information content (AvgIpc) is 3.00. The van der Waals surface area contributed by atoms with Crippen molar-refractivity contribution in [1.29, 1.82) is 0 Å². The number of carbonyl (C=O) groups is 2. The molecule has 2 unspecified atom stereocenters. The lowest BCUT2D eigenvalue weighted by molar-refractivity contribution is -0.131. The van der Waals surface area contributed by atoms with E-state index >= 15 is 0 Å². The highest BCUT2D eigenvalue weighted by Gasteiger charge is 2.34. The van der Waals surface area contributed by atoms with E-state index in [9.17, 15) is 9.59 Å². The molecule has 0 spiro atoms. The number of rotatable bonds is 4. The molecule has 2 heterocycles. The van der Waals surface area contributed by atoms with Crippen LogP contribution in [0.5, 0.6) is 0 Å². The van der Waals surface area contributed by atoms with Crippen LogP contribution in [0.4, 0.5) is 0 Å². The van der Waals surface area contributed by atoms with Gasteiger partial charge < -0.3 is 16.0 Å². The van der Waals surface area contributed by atoms with Crippen molar-refractivity contribution in [3.8, 4) is 0 Å². The van der Waals surface area contributed by atoms with Gasteiger partial charge in [0.1, 0.15) is 0 Å². The summed E-state index contributed by atoms with van der Waals surface area (Å²) in [5.74, 6) is -0.137. The number of nitrogens with two attached hydrogens (primary N) is 1. The monoisotopic (exact) mass is 266 g/mol. The van der Waals surface area contributed by atoms with Crippen LogP contribution < -0.4 is 11.1 Å². The van der Waals surface area contributed by atoms with E-state index in [1.54, 1.807) is 4.90 Å². The van der Waals surface area contributed by atoms with Gasteiger partial charge in [0.05, 0.1) is 12.6 Å². The van der Waals surface area contributed by atoms with Crippen LogP contribution in [0.3, 0.4) is 0 Å². The Morgan fingerprint density at radius 1 is 1.32 bits per heavy atom. The molecule has 6 heteroatoms. The Morgan fingerprint density at radius 2 is 2.00 bits per heavy atom. The summed E-state index contributed by atoms with van der Waals surface area (Å²) >= 11 is 0. The second kappa shape index (κ2) is 6.16. The van der Waals surface area contributed by atoms with Gasteiger partial charge in [0, 0.05) is 19.1 Å². The highest BCUT2D eigenvalue weighted by Crippen LogP contribution is 2.12. The van der Waals surface area contributed by atoms with Gasteiger partial charge in [-0.3, -0.25) is 14.5 Å². The lowest BCUT2D eigenvalue weighted by Gasteiger charge is -2.20. The Labute approximate surface area is 113 Å². The Kier molecular flexibility index (Phi) is 4.55. The van der Waals surface area contributed by atoms with Crippen molar-refractivity contribution in [2.24, 2.45) is 5.73 Å². The van der Waals surface area contributed by atoms with Crippen molar-refractivity contribution in [2.75, 3.05) is 32.7 Å². The molecule has 2 rings (SSSR count). The van der Waals surface area contributed by atoms with Gasteiger partial charge in [-0.25, -0.2) is 0 Å². The zero-order valence-electron chi connectivity index (χ0n) is 11.2. The van der Waals surface area contributed by atoms with E-state index in [-0.39, 0.29) is 23.9 Å². The number of hydrogen-bond donors (Lipinski definition) is 2. The minimum absolute atomic E-state index is 0.104. The van der Waals surface area contributed by atoms with Gasteiger partial charge in [0.15, 0.2) is 0 Å². The number of amides is 2. The van der Waals surface area contributed by atoms with E-state index in [0.29, 0.717) is 19.6 Å². The predicted molar refractivity (Wildman–Crippen MR) is 72.4 cm³/mol. The molecule has 2 saturated heterocycles. The largest absolute Gasteiger partial charge is 0.346 e. The molecule has 2 amide bonds. The van der Waals surface area contributed by atoms with Crippen LogP contribution in [-0.2, 0) is 9.59 Å². The Bertz CT molecular complexity index is 366. The quantitative estimate of drug-likeness (QED) is 0.635. The molecule has 2 fully saturated rings. The molecule has 0 aromatic carbocycles. The van der Waals surface area contributed by atoms with Crippen LogP contribution in [0.1, 0.15) is 12.8 Å². The van der Waals surface area contributed by atoms with E-state index in [1.807, 2.05) is 0 Å². The zero-order chi connectivity index (χ0) is 13.8. The van der Waals surface area contributed by atoms with Crippen LogP contribution >= 0.6 is 0 Å². The number of nitrogens with one attached hydrogen (secondary N) is 1. The topological polar surface area (TPSA) is 78.7 Å². The van der Waals surface area contributed by atoms with Crippen LogP contribution in [-0.4, -0.2) is 66.4 Å². The van der Waals surface area contributed by atoms with Crippen molar-refractivity contribution < 1.29 is 9.59 Å². The molecule has 19 heavy (non-hydrogen) atoms. The Hall–Kier alpha value is -1.40. The number of nitrogens with zero attached hydrogens (tertiary/aromatic N) is 2. The lowest BCUT2D eigenvalue weighted by atomic mass is 10.2. The molecule has 2 aliphatic heterocycles. The number of carbonyl (C=O) groups excluding carboxylic acids is 2. The molecule has 0 bridgehead atoms. The fourth-order valence-electron chi connectivity index (χ4n) is 2.66.